The molecule has 0 spiro atoms. The van der Waals surface area contributed by atoms with Crippen molar-refractivity contribution in [3.8, 4) is 5.75 Å². The van der Waals surface area contributed by atoms with Crippen molar-refractivity contribution in [2.45, 2.75) is 12.5 Å². The van der Waals surface area contributed by atoms with Crippen molar-refractivity contribution in [2.24, 2.45) is 0 Å². The molecule has 2 aromatic carbocycles. The molecule has 102 valence electrons. The fraction of sp³-hybridized carbons (Fsp3) is 0.188. The maximum Gasteiger partial charge on any atom is 0.251 e. The number of hydrogen-bond acceptors (Lipinski definition) is 3. The second kappa shape index (κ2) is 5.25. The molecule has 0 aromatic heterocycles. The predicted molar refractivity (Wildman–Crippen MR) is 78.0 cm³/mol. The Morgan fingerprint density at radius 1 is 1.15 bits per heavy atom. The minimum Gasteiger partial charge on any atom is -0.508 e. The molecule has 1 aliphatic heterocycles. The highest BCUT2D eigenvalue weighted by Gasteiger charge is 2.19. The summed E-state index contributed by atoms with van der Waals surface area (Å²) in [4.78, 5) is 12.1. The van der Waals surface area contributed by atoms with E-state index < -0.39 is 0 Å². The fourth-order valence-corrected chi connectivity index (χ4v) is 2.43. The summed E-state index contributed by atoms with van der Waals surface area (Å²) in [5, 5.41) is 15.6. The first-order valence-electron chi connectivity index (χ1n) is 6.64. The summed E-state index contributed by atoms with van der Waals surface area (Å²) in [5.74, 6) is 0.0472. The molecule has 4 heteroatoms. The van der Waals surface area contributed by atoms with Crippen LogP contribution in [0.2, 0.25) is 0 Å². The Morgan fingerprint density at radius 2 is 1.90 bits per heavy atom. The molecule has 0 bridgehead atoms. The van der Waals surface area contributed by atoms with E-state index in [0.717, 1.165) is 18.7 Å². The molecule has 2 aromatic rings. The Morgan fingerprint density at radius 3 is 2.70 bits per heavy atom. The Labute approximate surface area is 117 Å². The zero-order valence-electron chi connectivity index (χ0n) is 11.0. The molecule has 3 N–H and O–H groups in total. The fourth-order valence-electron chi connectivity index (χ4n) is 2.43. The van der Waals surface area contributed by atoms with Gasteiger partial charge in [-0.15, -0.1) is 0 Å². The number of fused-ring (bicyclic) bond motifs is 1. The van der Waals surface area contributed by atoms with Crippen LogP contribution in [0.15, 0.2) is 48.5 Å². The monoisotopic (exact) mass is 268 g/mol. The van der Waals surface area contributed by atoms with Crippen molar-refractivity contribution in [3.63, 3.8) is 0 Å². The number of para-hydroxylation sites is 1. The van der Waals surface area contributed by atoms with Crippen LogP contribution in [-0.4, -0.2) is 23.6 Å². The molecular weight excluding hydrogens is 252 g/mol. The number of rotatable bonds is 2. The molecule has 1 amide bonds. The third-order valence-corrected chi connectivity index (χ3v) is 3.49. The number of carbonyl (C=O) groups excluding carboxylic acids is 1. The van der Waals surface area contributed by atoms with Gasteiger partial charge in [0.2, 0.25) is 0 Å². The summed E-state index contributed by atoms with van der Waals surface area (Å²) in [5.41, 5.74) is 2.92. The summed E-state index contributed by atoms with van der Waals surface area (Å²) < 4.78 is 0. The lowest BCUT2D eigenvalue weighted by molar-refractivity contribution is 0.0938. The summed E-state index contributed by atoms with van der Waals surface area (Å²) in [7, 11) is 0. The van der Waals surface area contributed by atoms with Crippen LogP contribution in [0.3, 0.4) is 0 Å². The van der Waals surface area contributed by atoms with E-state index in [1.807, 2.05) is 18.2 Å². The number of phenols is 1. The first-order valence-corrected chi connectivity index (χ1v) is 6.64. The Bertz CT molecular complexity index is 623. The first kappa shape index (κ1) is 12.5. The van der Waals surface area contributed by atoms with E-state index in [0.29, 0.717) is 5.56 Å². The largest absolute Gasteiger partial charge is 0.508 e. The standard InChI is InChI=1S/C16H16N2O2/c19-14-7-5-11(6-8-14)16(20)18-13-9-12-3-1-2-4-15(12)17-10-13/h1-8,13,17,19H,9-10H2,(H,18,20). The van der Waals surface area contributed by atoms with Crippen molar-refractivity contribution in [1.82, 2.24) is 5.32 Å². The number of phenolic OH excluding ortho intramolecular Hbond substituents is 1. The third kappa shape index (κ3) is 2.59. The van der Waals surface area contributed by atoms with Crippen LogP contribution in [0, 0.1) is 0 Å². The van der Waals surface area contributed by atoms with Gasteiger partial charge in [-0.2, -0.15) is 0 Å². The minimum atomic E-state index is -0.115. The molecule has 0 saturated carbocycles. The van der Waals surface area contributed by atoms with Gasteiger partial charge in [-0.3, -0.25) is 4.79 Å². The van der Waals surface area contributed by atoms with Crippen molar-refractivity contribution < 1.29 is 9.90 Å². The molecule has 0 aliphatic carbocycles. The van der Waals surface area contributed by atoms with Gasteiger partial charge in [-0.1, -0.05) is 18.2 Å². The molecular formula is C16H16N2O2. The van der Waals surface area contributed by atoms with Gasteiger partial charge in [0.25, 0.3) is 5.91 Å². The number of carbonyl (C=O) groups is 1. The molecule has 0 saturated heterocycles. The summed E-state index contributed by atoms with van der Waals surface area (Å²) in [6.07, 6.45) is 0.826. The average Bonchev–Trinajstić information content (AvgIpc) is 2.48. The molecule has 20 heavy (non-hydrogen) atoms. The normalized spacial score (nSPS) is 16.9. The van der Waals surface area contributed by atoms with Crippen LogP contribution in [0.25, 0.3) is 0 Å². The summed E-state index contributed by atoms with van der Waals surface area (Å²) in [6.45, 7) is 0.723. The SMILES string of the molecule is O=C(NC1CNc2ccccc2C1)c1ccc(O)cc1. The van der Waals surface area contributed by atoms with E-state index >= 15 is 0 Å². The Balaban J connectivity index is 1.67. The Hall–Kier alpha value is -2.49. The number of anilines is 1. The van der Waals surface area contributed by atoms with E-state index in [9.17, 15) is 9.90 Å². The van der Waals surface area contributed by atoms with E-state index in [1.165, 1.54) is 17.7 Å². The first-order chi connectivity index (χ1) is 9.72. The predicted octanol–water partition coefficient (Wildman–Crippen LogP) is 2.16. The van der Waals surface area contributed by atoms with Gasteiger partial charge in [0.05, 0.1) is 6.04 Å². The highest BCUT2D eigenvalue weighted by Crippen LogP contribution is 2.21. The molecule has 3 rings (SSSR count). The van der Waals surface area contributed by atoms with Crippen LogP contribution in [-0.2, 0) is 6.42 Å². The molecule has 1 heterocycles. The molecule has 4 nitrogen and oxygen atoms in total. The summed E-state index contributed by atoms with van der Waals surface area (Å²) in [6, 6.07) is 14.5. The molecule has 0 fully saturated rings. The van der Waals surface area contributed by atoms with Gasteiger partial charge >= 0.3 is 0 Å². The van der Waals surface area contributed by atoms with Crippen LogP contribution < -0.4 is 10.6 Å². The number of benzene rings is 2. The lowest BCUT2D eigenvalue weighted by Crippen LogP contribution is -2.43. The van der Waals surface area contributed by atoms with Gasteiger partial charge in [-0.25, -0.2) is 0 Å². The van der Waals surface area contributed by atoms with E-state index in [1.54, 1.807) is 12.1 Å². The lowest BCUT2D eigenvalue weighted by Gasteiger charge is -2.26. The number of nitrogens with one attached hydrogen (secondary N) is 2. The van der Waals surface area contributed by atoms with Crippen LogP contribution in [0.1, 0.15) is 15.9 Å². The maximum atomic E-state index is 12.1. The number of amides is 1. The van der Waals surface area contributed by atoms with Crippen LogP contribution in [0.5, 0.6) is 5.75 Å². The van der Waals surface area contributed by atoms with E-state index in [4.69, 9.17) is 0 Å². The minimum absolute atomic E-state index is 0.0752. The second-order valence-corrected chi connectivity index (χ2v) is 4.96. The molecule has 1 unspecified atom stereocenters. The van der Waals surface area contributed by atoms with Crippen LogP contribution >= 0.6 is 0 Å². The number of aromatic hydroxyl groups is 1. The smallest absolute Gasteiger partial charge is 0.251 e. The van der Waals surface area contributed by atoms with Crippen LogP contribution in [0.4, 0.5) is 5.69 Å². The van der Waals surface area contributed by atoms with Gasteiger partial charge in [0, 0.05) is 17.8 Å². The highest BCUT2D eigenvalue weighted by atomic mass is 16.3. The van der Waals surface area contributed by atoms with Crippen molar-refractivity contribution >= 4 is 11.6 Å². The maximum absolute atomic E-state index is 12.1. The second-order valence-electron chi connectivity index (χ2n) is 4.96. The molecule has 0 radical (unpaired) electrons. The molecule has 1 aliphatic rings. The van der Waals surface area contributed by atoms with Gasteiger partial charge in [-0.05, 0) is 42.3 Å². The van der Waals surface area contributed by atoms with Gasteiger partial charge in [0.15, 0.2) is 0 Å². The topological polar surface area (TPSA) is 61.4 Å². The third-order valence-electron chi connectivity index (χ3n) is 3.49. The van der Waals surface area contributed by atoms with Crippen molar-refractivity contribution in [3.05, 3.63) is 59.7 Å². The zero-order chi connectivity index (χ0) is 13.9. The van der Waals surface area contributed by atoms with Gasteiger partial charge < -0.3 is 15.7 Å². The zero-order valence-corrected chi connectivity index (χ0v) is 11.0. The van der Waals surface area contributed by atoms with Gasteiger partial charge in [0.1, 0.15) is 5.75 Å². The number of hydrogen-bond donors (Lipinski definition) is 3. The summed E-state index contributed by atoms with van der Waals surface area (Å²) >= 11 is 0. The average molecular weight is 268 g/mol. The highest BCUT2D eigenvalue weighted by molar-refractivity contribution is 5.94. The lowest BCUT2D eigenvalue weighted by atomic mass is 9.99. The van der Waals surface area contributed by atoms with Crippen molar-refractivity contribution in [1.29, 1.82) is 0 Å². The van der Waals surface area contributed by atoms with Crippen molar-refractivity contribution in [2.75, 3.05) is 11.9 Å². The van der Waals surface area contributed by atoms with E-state index in [2.05, 4.69) is 16.7 Å². The Kier molecular flexibility index (Phi) is 3.29. The molecule has 1 atom stereocenters. The van der Waals surface area contributed by atoms with E-state index in [-0.39, 0.29) is 17.7 Å². The quantitative estimate of drug-likeness (QED) is 0.782.